The highest BCUT2D eigenvalue weighted by atomic mass is 16.6. The van der Waals surface area contributed by atoms with Crippen LogP contribution in [0.5, 0.6) is 5.75 Å². The molecular weight excluding hydrogens is 238 g/mol. The van der Waals surface area contributed by atoms with E-state index in [1.54, 1.807) is 0 Å². The standard InChI is InChI=1S/C11H15N3O4/c1-3-6-12-11(15)13-9-5-4-8(14(16)17)7-10(9)18-2/h4-5,7H,3,6H2,1-2H3,(H2,12,13,15). The number of anilines is 1. The van der Waals surface area contributed by atoms with Crippen LogP contribution >= 0.6 is 0 Å². The topological polar surface area (TPSA) is 93.5 Å². The largest absolute Gasteiger partial charge is 0.494 e. The predicted molar refractivity (Wildman–Crippen MR) is 67.0 cm³/mol. The quantitative estimate of drug-likeness (QED) is 0.621. The molecule has 0 spiro atoms. The van der Waals surface area contributed by atoms with Gasteiger partial charge in [-0.15, -0.1) is 0 Å². The second-order valence-corrected chi connectivity index (χ2v) is 3.52. The number of benzene rings is 1. The van der Waals surface area contributed by atoms with Crippen LogP contribution in [0, 0.1) is 10.1 Å². The maximum Gasteiger partial charge on any atom is 0.319 e. The van der Waals surface area contributed by atoms with Gasteiger partial charge in [0.1, 0.15) is 5.75 Å². The summed E-state index contributed by atoms with van der Waals surface area (Å²) in [4.78, 5) is 21.5. The Labute approximate surface area is 104 Å². The van der Waals surface area contributed by atoms with Crippen molar-refractivity contribution in [2.75, 3.05) is 19.0 Å². The van der Waals surface area contributed by atoms with Crippen molar-refractivity contribution in [1.29, 1.82) is 0 Å². The van der Waals surface area contributed by atoms with Crippen LogP contribution in [0.4, 0.5) is 16.2 Å². The number of nitro groups is 1. The summed E-state index contributed by atoms with van der Waals surface area (Å²) < 4.78 is 4.99. The molecule has 1 aromatic rings. The Bertz CT molecular complexity index is 448. The van der Waals surface area contributed by atoms with Gasteiger partial charge in [-0.05, 0) is 12.5 Å². The number of hydrogen-bond donors (Lipinski definition) is 2. The molecule has 0 aliphatic rings. The van der Waals surface area contributed by atoms with Gasteiger partial charge in [0.2, 0.25) is 0 Å². The van der Waals surface area contributed by atoms with Gasteiger partial charge < -0.3 is 15.4 Å². The Morgan fingerprint density at radius 2 is 2.22 bits per heavy atom. The van der Waals surface area contributed by atoms with Crippen LogP contribution in [0.2, 0.25) is 0 Å². The van der Waals surface area contributed by atoms with Crippen molar-refractivity contribution in [2.24, 2.45) is 0 Å². The third-order valence-electron chi connectivity index (χ3n) is 2.18. The lowest BCUT2D eigenvalue weighted by Crippen LogP contribution is -2.29. The molecule has 0 aliphatic heterocycles. The van der Waals surface area contributed by atoms with Crippen LogP contribution in [0.1, 0.15) is 13.3 Å². The summed E-state index contributed by atoms with van der Waals surface area (Å²) in [5.74, 6) is 0.246. The van der Waals surface area contributed by atoms with Crippen LogP contribution in [0.25, 0.3) is 0 Å². The average molecular weight is 253 g/mol. The maximum absolute atomic E-state index is 11.4. The van der Waals surface area contributed by atoms with E-state index in [0.29, 0.717) is 12.2 Å². The van der Waals surface area contributed by atoms with E-state index in [1.165, 1.54) is 25.3 Å². The minimum Gasteiger partial charge on any atom is -0.494 e. The molecule has 0 aromatic heterocycles. The van der Waals surface area contributed by atoms with Crippen molar-refractivity contribution in [3.63, 3.8) is 0 Å². The van der Waals surface area contributed by atoms with Crippen molar-refractivity contribution in [3.8, 4) is 5.75 Å². The van der Waals surface area contributed by atoms with Crippen molar-refractivity contribution < 1.29 is 14.5 Å². The lowest BCUT2D eigenvalue weighted by molar-refractivity contribution is -0.384. The zero-order chi connectivity index (χ0) is 13.5. The first kappa shape index (κ1) is 13.8. The molecule has 2 N–H and O–H groups in total. The summed E-state index contributed by atoms with van der Waals surface area (Å²) in [7, 11) is 1.38. The third kappa shape index (κ3) is 3.62. The first-order chi connectivity index (χ1) is 8.58. The number of amides is 2. The summed E-state index contributed by atoms with van der Waals surface area (Å²) in [6, 6.07) is 3.62. The van der Waals surface area contributed by atoms with E-state index < -0.39 is 4.92 Å². The molecule has 7 heteroatoms. The monoisotopic (exact) mass is 253 g/mol. The van der Waals surface area contributed by atoms with Gasteiger partial charge in [0.05, 0.1) is 23.8 Å². The number of ether oxygens (including phenoxy) is 1. The zero-order valence-corrected chi connectivity index (χ0v) is 10.2. The number of nitrogens with zero attached hydrogens (tertiary/aromatic N) is 1. The first-order valence-electron chi connectivity index (χ1n) is 5.45. The molecule has 18 heavy (non-hydrogen) atoms. The van der Waals surface area contributed by atoms with Crippen LogP contribution in [0.3, 0.4) is 0 Å². The second kappa shape index (κ2) is 6.43. The van der Waals surface area contributed by atoms with Crippen molar-refractivity contribution in [1.82, 2.24) is 5.32 Å². The summed E-state index contributed by atoms with van der Waals surface area (Å²) in [5.41, 5.74) is 0.295. The molecule has 0 aliphatic carbocycles. The van der Waals surface area contributed by atoms with Gasteiger partial charge in [-0.2, -0.15) is 0 Å². The van der Waals surface area contributed by atoms with Gasteiger partial charge >= 0.3 is 6.03 Å². The molecule has 0 atom stereocenters. The fourth-order valence-corrected chi connectivity index (χ4v) is 1.30. The number of methoxy groups -OCH3 is 1. The molecule has 0 unspecified atom stereocenters. The SMILES string of the molecule is CCCNC(=O)Nc1ccc([N+](=O)[O-])cc1OC. The zero-order valence-electron chi connectivity index (χ0n) is 10.2. The smallest absolute Gasteiger partial charge is 0.319 e. The van der Waals surface area contributed by atoms with Gasteiger partial charge in [0.15, 0.2) is 0 Å². The number of carbonyl (C=O) groups is 1. The minimum absolute atomic E-state index is 0.0913. The molecule has 98 valence electrons. The molecule has 0 bridgehead atoms. The summed E-state index contributed by atoms with van der Waals surface area (Å²) in [5, 5.41) is 15.8. The van der Waals surface area contributed by atoms with Crippen LogP contribution in [-0.2, 0) is 0 Å². The Hall–Kier alpha value is -2.31. The molecule has 0 fully saturated rings. The number of urea groups is 1. The number of carbonyl (C=O) groups excluding carboxylic acids is 1. The third-order valence-corrected chi connectivity index (χ3v) is 2.18. The molecule has 0 radical (unpaired) electrons. The molecule has 0 heterocycles. The van der Waals surface area contributed by atoms with Gasteiger partial charge in [-0.1, -0.05) is 6.92 Å². The van der Waals surface area contributed by atoms with E-state index in [-0.39, 0.29) is 17.5 Å². The first-order valence-corrected chi connectivity index (χ1v) is 5.45. The van der Waals surface area contributed by atoms with Gasteiger partial charge in [-0.25, -0.2) is 4.79 Å². The lowest BCUT2D eigenvalue weighted by Gasteiger charge is -2.10. The van der Waals surface area contributed by atoms with Crippen molar-refractivity contribution in [2.45, 2.75) is 13.3 Å². The molecule has 1 aromatic carbocycles. The van der Waals surface area contributed by atoms with E-state index in [4.69, 9.17) is 4.74 Å². The molecule has 0 saturated heterocycles. The van der Waals surface area contributed by atoms with E-state index in [9.17, 15) is 14.9 Å². The lowest BCUT2D eigenvalue weighted by atomic mass is 10.2. The minimum atomic E-state index is -0.524. The Morgan fingerprint density at radius 3 is 2.78 bits per heavy atom. The highest BCUT2D eigenvalue weighted by molar-refractivity contribution is 5.91. The van der Waals surface area contributed by atoms with E-state index in [1.807, 2.05) is 6.92 Å². The summed E-state index contributed by atoms with van der Waals surface area (Å²) >= 11 is 0. The average Bonchev–Trinajstić information content (AvgIpc) is 2.36. The Balaban J connectivity index is 2.82. The molecule has 1 rings (SSSR count). The van der Waals surface area contributed by atoms with Crippen LogP contribution < -0.4 is 15.4 Å². The fourth-order valence-electron chi connectivity index (χ4n) is 1.30. The summed E-state index contributed by atoms with van der Waals surface area (Å²) in [6.45, 7) is 2.49. The van der Waals surface area contributed by atoms with Crippen LogP contribution in [-0.4, -0.2) is 24.6 Å². The van der Waals surface area contributed by atoms with Crippen LogP contribution in [0.15, 0.2) is 18.2 Å². The van der Waals surface area contributed by atoms with Gasteiger partial charge in [0, 0.05) is 12.6 Å². The normalized spacial score (nSPS) is 9.67. The number of rotatable bonds is 5. The van der Waals surface area contributed by atoms with E-state index in [2.05, 4.69) is 10.6 Å². The number of hydrogen-bond acceptors (Lipinski definition) is 4. The maximum atomic E-state index is 11.4. The number of non-ortho nitro benzene ring substituents is 1. The molecule has 0 saturated carbocycles. The van der Waals surface area contributed by atoms with Crippen molar-refractivity contribution >= 4 is 17.4 Å². The molecule has 7 nitrogen and oxygen atoms in total. The highest BCUT2D eigenvalue weighted by Gasteiger charge is 2.12. The van der Waals surface area contributed by atoms with E-state index >= 15 is 0 Å². The number of nitro benzene ring substituents is 1. The highest BCUT2D eigenvalue weighted by Crippen LogP contribution is 2.28. The predicted octanol–water partition coefficient (Wildman–Crippen LogP) is 2.13. The van der Waals surface area contributed by atoms with Crippen molar-refractivity contribution in [3.05, 3.63) is 28.3 Å². The fraction of sp³-hybridized carbons (Fsp3) is 0.364. The second-order valence-electron chi connectivity index (χ2n) is 3.52. The number of nitrogens with one attached hydrogen (secondary N) is 2. The molecule has 2 amide bonds. The summed E-state index contributed by atoms with van der Waals surface area (Å²) in [6.07, 6.45) is 0.824. The van der Waals surface area contributed by atoms with Gasteiger partial charge in [-0.3, -0.25) is 10.1 Å². The Kier molecular flexibility index (Phi) is 4.91. The Morgan fingerprint density at radius 1 is 1.50 bits per heavy atom. The molecular formula is C11H15N3O4. The van der Waals surface area contributed by atoms with E-state index in [0.717, 1.165) is 6.42 Å². The van der Waals surface area contributed by atoms with Gasteiger partial charge in [0.25, 0.3) is 5.69 Å².